The van der Waals surface area contributed by atoms with Crippen molar-refractivity contribution in [2.24, 2.45) is 0 Å². The zero-order valence-electron chi connectivity index (χ0n) is 39.0. The maximum Gasteiger partial charge on any atom is 0.160 e. The van der Waals surface area contributed by atoms with Crippen molar-refractivity contribution >= 4 is 0 Å². The van der Waals surface area contributed by atoms with Crippen LogP contribution in [0.4, 0.5) is 0 Å². The van der Waals surface area contributed by atoms with Crippen molar-refractivity contribution in [2.45, 2.75) is 127 Å². The molecule has 4 aromatic carbocycles. The number of methoxy groups -OCH3 is 4. The van der Waals surface area contributed by atoms with Gasteiger partial charge < -0.3 is 37.9 Å². The SMILES string of the molecule is COc1ccc(CCO[C@@H]2CCCC[C@@H]2N2CC[C@@H](OCc3ccccc3)C2)cc1OC.COc1ccc(CCO[C@H]2CCCC[C@@H]2N2CC[C@@H](OCc3ccccc3)C2)cc1OC. The molecule has 8 rings (SSSR count). The van der Waals surface area contributed by atoms with Gasteiger partial charge in [-0.3, -0.25) is 9.80 Å². The minimum Gasteiger partial charge on any atom is -0.493 e. The Morgan fingerprint density at radius 2 is 0.828 bits per heavy atom. The van der Waals surface area contributed by atoms with Crippen molar-refractivity contribution in [1.29, 1.82) is 0 Å². The Hall–Kier alpha value is -4.16. The average molecular weight is 879 g/mol. The van der Waals surface area contributed by atoms with Gasteiger partial charge in [-0.25, -0.2) is 0 Å². The van der Waals surface area contributed by atoms with Gasteiger partial charge in [-0.1, -0.05) is 98.5 Å². The Morgan fingerprint density at radius 1 is 0.422 bits per heavy atom. The number of likely N-dealkylation sites (tertiary alicyclic amines) is 2. The first-order valence-corrected chi connectivity index (χ1v) is 24.0. The molecule has 4 aromatic rings. The first-order chi connectivity index (χ1) is 31.5. The fourth-order valence-electron chi connectivity index (χ4n) is 10.1. The lowest BCUT2D eigenvalue weighted by molar-refractivity contribution is -0.0353. The summed E-state index contributed by atoms with van der Waals surface area (Å²) >= 11 is 0. The van der Waals surface area contributed by atoms with Gasteiger partial charge in [-0.05, 0) is 97.9 Å². The highest BCUT2D eigenvalue weighted by atomic mass is 16.5. The summed E-state index contributed by atoms with van der Waals surface area (Å²) in [4.78, 5) is 5.24. The molecule has 0 spiro atoms. The van der Waals surface area contributed by atoms with Crippen LogP contribution in [0.3, 0.4) is 0 Å². The Kier molecular flexibility index (Phi) is 19.1. The fourth-order valence-corrected chi connectivity index (χ4v) is 10.1. The Bertz CT molecular complexity index is 1790. The summed E-state index contributed by atoms with van der Waals surface area (Å²) in [7, 11) is 6.69. The molecule has 6 atom stereocenters. The molecule has 0 aromatic heterocycles. The van der Waals surface area contributed by atoms with Crippen LogP contribution in [-0.2, 0) is 45.0 Å². The largest absolute Gasteiger partial charge is 0.493 e. The van der Waals surface area contributed by atoms with E-state index in [1.807, 2.05) is 12.1 Å². The number of hydrogen-bond acceptors (Lipinski definition) is 10. The van der Waals surface area contributed by atoms with Crippen LogP contribution < -0.4 is 18.9 Å². The van der Waals surface area contributed by atoms with Crippen molar-refractivity contribution in [3.63, 3.8) is 0 Å². The maximum absolute atomic E-state index is 6.45. The minimum atomic E-state index is 0.316. The predicted molar refractivity (Wildman–Crippen MR) is 253 cm³/mol. The number of ether oxygens (including phenoxy) is 8. The molecule has 64 heavy (non-hydrogen) atoms. The molecule has 0 radical (unpaired) electrons. The van der Waals surface area contributed by atoms with Gasteiger partial charge in [0.25, 0.3) is 0 Å². The summed E-state index contributed by atoms with van der Waals surface area (Å²) in [6.45, 7) is 7.14. The molecule has 0 amide bonds. The first-order valence-electron chi connectivity index (χ1n) is 24.0. The lowest BCUT2D eigenvalue weighted by atomic mass is 9.91. The quantitative estimate of drug-likeness (QED) is 0.0857. The van der Waals surface area contributed by atoms with Gasteiger partial charge in [0.05, 0.1) is 79.3 Å². The summed E-state index contributed by atoms with van der Waals surface area (Å²) < 4.78 is 46.9. The molecule has 4 aliphatic rings. The third kappa shape index (κ3) is 13.9. The lowest BCUT2D eigenvalue weighted by Gasteiger charge is -2.38. The Labute approximate surface area is 383 Å². The van der Waals surface area contributed by atoms with Gasteiger partial charge in [0, 0.05) is 38.3 Å². The summed E-state index contributed by atoms with van der Waals surface area (Å²) in [5.74, 6) is 3.09. The predicted octanol–water partition coefficient (Wildman–Crippen LogP) is 9.73. The molecule has 0 bridgehead atoms. The molecular formula is C54H74N2O8. The molecule has 2 saturated heterocycles. The Morgan fingerprint density at radius 3 is 1.23 bits per heavy atom. The third-order valence-corrected chi connectivity index (χ3v) is 13.6. The van der Waals surface area contributed by atoms with Crippen LogP contribution in [0.5, 0.6) is 23.0 Å². The van der Waals surface area contributed by atoms with Crippen LogP contribution in [0.2, 0.25) is 0 Å². The van der Waals surface area contributed by atoms with Crippen molar-refractivity contribution in [2.75, 3.05) is 67.8 Å². The summed E-state index contributed by atoms with van der Waals surface area (Å²) in [5.41, 5.74) is 4.93. The van der Waals surface area contributed by atoms with Gasteiger partial charge in [0.1, 0.15) is 0 Å². The summed E-state index contributed by atoms with van der Waals surface area (Å²) in [5, 5.41) is 0. The highest BCUT2D eigenvalue weighted by molar-refractivity contribution is 5.43. The lowest BCUT2D eigenvalue weighted by Crippen LogP contribution is -2.46. The van der Waals surface area contributed by atoms with Gasteiger partial charge in [0.15, 0.2) is 23.0 Å². The Balaban J connectivity index is 0.000000191. The zero-order valence-corrected chi connectivity index (χ0v) is 39.0. The van der Waals surface area contributed by atoms with Crippen molar-refractivity contribution < 1.29 is 37.9 Å². The molecule has 2 aliphatic carbocycles. The van der Waals surface area contributed by atoms with E-state index in [1.165, 1.54) is 60.8 Å². The summed E-state index contributed by atoms with van der Waals surface area (Å²) in [6.07, 6.45) is 15.2. The molecule has 0 N–H and O–H groups in total. The molecule has 0 unspecified atom stereocenters. The van der Waals surface area contributed by atoms with Crippen LogP contribution >= 0.6 is 0 Å². The topological polar surface area (TPSA) is 80.3 Å². The number of rotatable bonds is 20. The average Bonchev–Trinajstić information content (AvgIpc) is 4.04. The van der Waals surface area contributed by atoms with Gasteiger partial charge in [0.2, 0.25) is 0 Å². The van der Waals surface area contributed by atoms with Crippen molar-refractivity contribution in [3.05, 3.63) is 119 Å². The van der Waals surface area contributed by atoms with E-state index in [0.29, 0.717) is 49.7 Å². The number of hydrogen-bond donors (Lipinski definition) is 0. The third-order valence-electron chi connectivity index (χ3n) is 13.6. The molecule has 2 aliphatic heterocycles. The summed E-state index contributed by atoms with van der Waals surface area (Å²) in [6, 6.07) is 34.2. The van der Waals surface area contributed by atoms with Gasteiger partial charge in [-0.15, -0.1) is 0 Å². The van der Waals surface area contributed by atoms with E-state index in [2.05, 4.69) is 94.7 Å². The first kappa shape index (κ1) is 47.8. The van der Waals surface area contributed by atoms with Crippen LogP contribution in [-0.4, -0.2) is 114 Å². The van der Waals surface area contributed by atoms with Crippen LogP contribution in [0.15, 0.2) is 97.1 Å². The van der Waals surface area contributed by atoms with E-state index in [4.69, 9.17) is 37.9 Å². The smallest absolute Gasteiger partial charge is 0.160 e. The molecule has 10 nitrogen and oxygen atoms in total. The van der Waals surface area contributed by atoms with Gasteiger partial charge in [-0.2, -0.15) is 0 Å². The molecule has 10 heteroatoms. The maximum atomic E-state index is 6.45. The second-order valence-corrected chi connectivity index (χ2v) is 17.8. The fraction of sp³-hybridized carbons (Fsp3) is 0.556. The van der Waals surface area contributed by atoms with E-state index in [1.54, 1.807) is 28.4 Å². The van der Waals surface area contributed by atoms with Crippen LogP contribution in [0.25, 0.3) is 0 Å². The number of nitrogens with zero attached hydrogens (tertiary/aromatic N) is 2. The van der Waals surface area contributed by atoms with E-state index in [-0.39, 0.29) is 0 Å². The van der Waals surface area contributed by atoms with E-state index in [0.717, 1.165) is 101 Å². The van der Waals surface area contributed by atoms with Crippen LogP contribution in [0.1, 0.15) is 86.5 Å². The van der Waals surface area contributed by atoms with Crippen molar-refractivity contribution in [1.82, 2.24) is 9.80 Å². The normalized spacial score (nSPS) is 23.9. The van der Waals surface area contributed by atoms with Crippen molar-refractivity contribution in [3.8, 4) is 23.0 Å². The highest BCUT2D eigenvalue weighted by Gasteiger charge is 2.37. The van der Waals surface area contributed by atoms with E-state index in [9.17, 15) is 0 Å². The monoisotopic (exact) mass is 879 g/mol. The van der Waals surface area contributed by atoms with Crippen LogP contribution in [0, 0.1) is 0 Å². The molecule has 2 saturated carbocycles. The van der Waals surface area contributed by atoms with E-state index < -0.39 is 0 Å². The standard InChI is InChI=1S/2C27H37NO4/c2*1-29-26-13-12-21(18-27(26)30-2)15-17-31-25-11-7-6-10-24(25)28-16-14-23(19-28)32-20-22-8-4-3-5-9-22/h2*3-5,8-9,12-13,18,23-25H,6-7,10-11,14-17,19-20H2,1-2H3/t23-,24+,25+;23-,24+,25-/m11/s1. The highest BCUT2D eigenvalue weighted by Crippen LogP contribution is 2.33. The van der Waals surface area contributed by atoms with E-state index >= 15 is 0 Å². The molecule has 348 valence electrons. The van der Waals surface area contributed by atoms with Gasteiger partial charge >= 0.3 is 0 Å². The molecular weight excluding hydrogens is 805 g/mol. The second-order valence-electron chi connectivity index (χ2n) is 17.8. The zero-order chi connectivity index (χ0) is 44.4. The molecule has 4 fully saturated rings. The number of benzene rings is 4. The molecule has 2 heterocycles. The second kappa shape index (κ2) is 25.5. The minimum absolute atomic E-state index is 0.316.